The molecule has 0 bridgehead atoms. The Morgan fingerprint density at radius 1 is 1.26 bits per heavy atom. The summed E-state index contributed by atoms with van der Waals surface area (Å²) in [5.41, 5.74) is -0.434. The van der Waals surface area contributed by atoms with Gasteiger partial charge in [-0.1, -0.05) is 26.7 Å². The van der Waals surface area contributed by atoms with Gasteiger partial charge in [0.1, 0.15) is 5.60 Å². The zero-order valence-corrected chi connectivity index (χ0v) is 13.1. The number of ether oxygens (including phenoxy) is 1. The molecular weight excluding hydrogens is 240 g/mol. The number of hydrogen-bond acceptors (Lipinski definition) is 3. The van der Waals surface area contributed by atoms with Gasteiger partial charge in [0.05, 0.1) is 0 Å². The van der Waals surface area contributed by atoms with E-state index in [2.05, 4.69) is 24.5 Å². The van der Waals surface area contributed by atoms with Crippen molar-refractivity contribution < 1.29 is 9.53 Å². The number of rotatable bonds is 5. The van der Waals surface area contributed by atoms with E-state index in [4.69, 9.17) is 4.74 Å². The van der Waals surface area contributed by atoms with Crippen LogP contribution in [0.5, 0.6) is 0 Å². The molecule has 4 heteroatoms. The summed E-state index contributed by atoms with van der Waals surface area (Å²) in [6.07, 6.45) is 4.83. The van der Waals surface area contributed by atoms with E-state index in [1.165, 1.54) is 25.7 Å². The van der Waals surface area contributed by atoms with Crippen LogP contribution in [0.1, 0.15) is 60.3 Å². The van der Waals surface area contributed by atoms with Crippen LogP contribution >= 0.6 is 0 Å². The van der Waals surface area contributed by atoms with Crippen molar-refractivity contribution >= 4 is 6.09 Å². The maximum absolute atomic E-state index is 11.7. The first kappa shape index (κ1) is 16.3. The smallest absolute Gasteiger partial charge is 0.407 e. The van der Waals surface area contributed by atoms with Crippen LogP contribution in [0.2, 0.25) is 0 Å². The lowest BCUT2D eigenvalue weighted by Gasteiger charge is -2.27. The van der Waals surface area contributed by atoms with Crippen molar-refractivity contribution in [3.63, 3.8) is 0 Å². The Morgan fingerprint density at radius 2 is 1.84 bits per heavy atom. The molecule has 1 amide bonds. The molecule has 1 fully saturated rings. The molecule has 2 N–H and O–H groups in total. The third-order valence-corrected chi connectivity index (χ3v) is 3.47. The summed E-state index contributed by atoms with van der Waals surface area (Å²) in [6.45, 7) is 10.6. The Labute approximate surface area is 117 Å². The van der Waals surface area contributed by atoms with Crippen molar-refractivity contribution in [2.45, 2.75) is 78.0 Å². The SMILES string of the molecule is CC(C)C(CNC(=O)OC(C)(C)C)NC1CCCC1. The topological polar surface area (TPSA) is 50.4 Å². The molecule has 4 nitrogen and oxygen atoms in total. The third-order valence-electron chi connectivity index (χ3n) is 3.47. The number of hydrogen-bond donors (Lipinski definition) is 2. The van der Waals surface area contributed by atoms with E-state index >= 15 is 0 Å². The highest BCUT2D eigenvalue weighted by molar-refractivity contribution is 5.67. The van der Waals surface area contributed by atoms with Gasteiger partial charge in [-0.25, -0.2) is 4.79 Å². The van der Waals surface area contributed by atoms with E-state index in [0.29, 0.717) is 24.5 Å². The van der Waals surface area contributed by atoms with Crippen molar-refractivity contribution in [3.05, 3.63) is 0 Å². The number of amides is 1. The van der Waals surface area contributed by atoms with Crippen LogP contribution in [0.25, 0.3) is 0 Å². The average molecular weight is 270 g/mol. The van der Waals surface area contributed by atoms with Gasteiger partial charge in [-0.3, -0.25) is 0 Å². The van der Waals surface area contributed by atoms with Gasteiger partial charge in [0.25, 0.3) is 0 Å². The van der Waals surface area contributed by atoms with Gasteiger partial charge in [-0.05, 0) is 39.5 Å². The molecule has 0 saturated heterocycles. The van der Waals surface area contributed by atoms with Gasteiger partial charge in [0, 0.05) is 18.6 Å². The van der Waals surface area contributed by atoms with Crippen molar-refractivity contribution in [3.8, 4) is 0 Å². The van der Waals surface area contributed by atoms with Crippen molar-refractivity contribution in [2.24, 2.45) is 5.92 Å². The fourth-order valence-electron chi connectivity index (χ4n) is 2.39. The van der Waals surface area contributed by atoms with E-state index in [1.54, 1.807) is 0 Å². The van der Waals surface area contributed by atoms with Gasteiger partial charge < -0.3 is 15.4 Å². The van der Waals surface area contributed by atoms with Crippen LogP contribution in [0, 0.1) is 5.92 Å². The summed E-state index contributed by atoms with van der Waals surface area (Å²) in [4.78, 5) is 11.7. The molecule has 1 saturated carbocycles. The minimum absolute atomic E-state index is 0.315. The van der Waals surface area contributed by atoms with Crippen molar-refractivity contribution in [2.75, 3.05) is 6.54 Å². The normalized spacial score (nSPS) is 18.6. The quantitative estimate of drug-likeness (QED) is 0.807. The first-order valence-corrected chi connectivity index (χ1v) is 7.51. The summed E-state index contributed by atoms with van der Waals surface area (Å²) in [6, 6.07) is 0.934. The van der Waals surface area contributed by atoms with E-state index in [9.17, 15) is 4.79 Å². The zero-order valence-electron chi connectivity index (χ0n) is 13.1. The van der Waals surface area contributed by atoms with Gasteiger partial charge in [-0.15, -0.1) is 0 Å². The maximum Gasteiger partial charge on any atom is 0.407 e. The molecule has 0 aromatic rings. The predicted molar refractivity (Wildman–Crippen MR) is 78.3 cm³/mol. The second kappa shape index (κ2) is 7.13. The van der Waals surface area contributed by atoms with Crippen LogP contribution in [-0.2, 0) is 4.74 Å². The molecule has 0 heterocycles. The second-order valence-corrected chi connectivity index (χ2v) is 6.88. The summed E-state index contributed by atoms with van der Waals surface area (Å²) in [7, 11) is 0. The second-order valence-electron chi connectivity index (χ2n) is 6.88. The van der Waals surface area contributed by atoms with Crippen molar-refractivity contribution in [1.29, 1.82) is 0 Å². The third kappa shape index (κ3) is 6.81. The molecule has 1 aliphatic rings. The highest BCUT2D eigenvalue weighted by Crippen LogP contribution is 2.19. The van der Waals surface area contributed by atoms with Crippen LogP contribution in [0.4, 0.5) is 4.79 Å². The molecule has 1 aliphatic carbocycles. The van der Waals surface area contributed by atoms with Gasteiger partial charge >= 0.3 is 6.09 Å². The highest BCUT2D eigenvalue weighted by Gasteiger charge is 2.22. The molecule has 0 aromatic heterocycles. The van der Waals surface area contributed by atoms with E-state index in [0.717, 1.165) is 0 Å². The molecule has 1 rings (SSSR count). The fraction of sp³-hybridized carbons (Fsp3) is 0.933. The van der Waals surface area contributed by atoms with Crippen LogP contribution < -0.4 is 10.6 Å². The van der Waals surface area contributed by atoms with Crippen molar-refractivity contribution in [1.82, 2.24) is 10.6 Å². The Bertz CT molecular complexity index is 278. The zero-order chi connectivity index (χ0) is 14.5. The van der Waals surface area contributed by atoms with Gasteiger partial charge in [0.2, 0.25) is 0 Å². The van der Waals surface area contributed by atoms with E-state index in [-0.39, 0.29) is 6.09 Å². The van der Waals surface area contributed by atoms with Crippen LogP contribution in [-0.4, -0.2) is 30.3 Å². The standard InChI is InChI=1S/C15H30N2O2/c1-11(2)13(17-12-8-6-7-9-12)10-16-14(18)19-15(3,4)5/h11-13,17H,6-10H2,1-5H3,(H,16,18). The van der Waals surface area contributed by atoms with Gasteiger partial charge in [0.15, 0.2) is 0 Å². The Morgan fingerprint density at radius 3 is 2.32 bits per heavy atom. The van der Waals surface area contributed by atoms with Crippen LogP contribution in [0.3, 0.4) is 0 Å². The monoisotopic (exact) mass is 270 g/mol. The molecule has 0 aromatic carbocycles. The van der Waals surface area contributed by atoms with E-state index < -0.39 is 5.60 Å². The molecule has 112 valence electrons. The molecule has 1 atom stereocenters. The average Bonchev–Trinajstić information content (AvgIpc) is 2.73. The summed E-state index contributed by atoms with van der Waals surface area (Å²) < 4.78 is 5.26. The number of nitrogens with one attached hydrogen (secondary N) is 2. The van der Waals surface area contributed by atoms with Gasteiger partial charge in [-0.2, -0.15) is 0 Å². The predicted octanol–water partition coefficient (Wildman–Crippen LogP) is 3.07. The first-order valence-electron chi connectivity index (χ1n) is 7.51. The summed E-state index contributed by atoms with van der Waals surface area (Å²) in [5.74, 6) is 0.496. The summed E-state index contributed by atoms with van der Waals surface area (Å²) >= 11 is 0. The lowest BCUT2D eigenvalue weighted by Crippen LogP contribution is -2.48. The Balaban J connectivity index is 2.34. The van der Waals surface area contributed by atoms with E-state index in [1.807, 2.05) is 20.8 Å². The fourth-order valence-corrected chi connectivity index (χ4v) is 2.39. The number of carbonyl (C=O) groups excluding carboxylic acids is 1. The Hall–Kier alpha value is -0.770. The maximum atomic E-state index is 11.7. The Kier molecular flexibility index (Phi) is 6.11. The summed E-state index contributed by atoms with van der Waals surface area (Å²) in [5, 5.41) is 6.53. The molecule has 19 heavy (non-hydrogen) atoms. The highest BCUT2D eigenvalue weighted by atomic mass is 16.6. The lowest BCUT2D eigenvalue weighted by atomic mass is 10.0. The minimum atomic E-state index is -0.434. The number of carbonyl (C=O) groups is 1. The minimum Gasteiger partial charge on any atom is -0.444 e. The largest absolute Gasteiger partial charge is 0.444 e. The van der Waals surface area contributed by atoms with Crippen LogP contribution in [0.15, 0.2) is 0 Å². The lowest BCUT2D eigenvalue weighted by molar-refractivity contribution is 0.0518. The molecule has 0 aliphatic heterocycles. The first-order chi connectivity index (χ1) is 8.78. The molecule has 1 unspecified atom stereocenters. The molecule has 0 radical (unpaired) electrons. The number of alkyl carbamates (subject to hydrolysis) is 1. The molecular formula is C15H30N2O2. The molecule has 0 spiro atoms.